The van der Waals surface area contributed by atoms with Gasteiger partial charge in [-0.25, -0.2) is 0 Å². The first-order valence-electron chi connectivity index (χ1n) is 6.50. The van der Waals surface area contributed by atoms with E-state index in [1.165, 1.54) is 7.11 Å². The summed E-state index contributed by atoms with van der Waals surface area (Å²) in [6, 6.07) is 10.2. The topological polar surface area (TPSA) is 47.6 Å². The summed E-state index contributed by atoms with van der Waals surface area (Å²) in [5.41, 5.74) is 1.05. The van der Waals surface area contributed by atoms with E-state index in [-0.39, 0.29) is 12.3 Å². The van der Waals surface area contributed by atoms with E-state index < -0.39 is 0 Å². The first kappa shape index (κ1) is 16.5. The van der Waals surface area contributed by atoms with Gasteiger partial charge >= 0.3 is 0 Å². The summed E-state index contributed by atoms with van der Waals surface area (Å²) < 4.78 is 10.3. The van der Waals surface area contributed by atoms with E-state index in [2.05, 4.69) is 5.32 Å². The number of nitrogens with one attached hydrogen (secondary N) is 1. The zero-order valence-corrected chi connectivity index (χ0v) is 13.7. The molecule has 0 aliphatic carbocycles. The monoisotopic (exact) mass is 339 g/mol. The number of hydrogen-bond donors (Lipinski definition) is 1. The van der Waals surface area contributed by atoms with Gasteiger partial charge in [0, 0.05) is 5.56 Å². The summed E-state index contributed by atoms with van der Waals surface area (Å²) in [5.74, 6) is 0.960. The van der Waals surface area contributed by atoms with E-state index in [0.717, 1.165) is 0 Å². The lowest BCUT2D eigenvalue weighted by atomic mass is 10.1. The van der Waals surface area contributed by atoms with Gasteiger partial charge in [0.1, 0.15) is 0 Å². The molecule has 0 radical (unpaired) electrons. The lowest BCUT2D eigenvalue weighted by molar-refractivity contribution is 0.101. The Bertz CT molecular complexity index is 669. The Labute approximate surface area is 138 Å². The molecule has 0 aromatic heterocycles. The van der Waals surface area contributed by atoms with E-state index >= 15 is 0 Å². The van der Waals surface area contributed by atoms with E-state index in [1.807, 2.05) is 0 Å². The first-order chi connectivity index (χ1) is 10.6. The molecule has 0 spiro atoms. The number of hydrogen-bond acceptors (Lipinski definition) is 4. The van der Waals surface area contributed by atoms with E-state index in [0.29, 0.717) is 32.8 Å². The van der Waals surface area contributed by atoms with E-state index in [1.54, 1.807) is 43.5 Å². The predicted octanol–water partition coefficient (Wildman–Crippen LogP) is 4.31. The van der Waals surface area contributed by atoms with Crippen molar-refractivity contribution in [3.63, 3.8) is 0 Å². The maximum atomic E-state index is 12.3. The number of Topliss-reactive ketones (excluding diaryl/α,β-unsaturated/α-hetero) is 1. The molecule has 4 nitrogen and oxygen atoms in total. The Morgan fingerprint density at radius 1 is 1.05 bits per heavy atom. The van der Waals surface area contributed by atoms with Crippen LogP contribution in [0.5, 0.6) is 11.5 Å². The summed E-state index contributed by atoms with van der Waals surface area (Å²) >= 11 is 12.1. The van der Waals surface area contributed by atoms with Gasteiger partial charge in [-0.3, -0.25) is 4.79 Å². The fourth-order valence-corrected chi connectivity index (χ4v) is 2.48. The average Bonchev–Trinajstić information content (AvgIpc) is 2.53. The van der Waals surface area contributed by atoms with Crippen molar-refractivity contribution >= 4 is 34.7 Å². The van der Waals surface area contributed by atoms with Crippen molar-refractivity contribution in [2.24, 2.45) is 0 Å². The highest BCUT2D eigenvalue weighted by Gasteiger charge is 2.12. The Hall–Kier alpha value is -1.91. The third kappa shape index (κ3) is 3.64. The van der Waals surface area contributed by atoms with E-state index in [4.69, 9.17) is 32.7 Å². The van der Waals surface area contributed by atoms with Gasteiger partial charge in [0.15, 0.2) is 17.3 Å². The number of halogens is 2. The molecule has 116 valence electrons. The van der Waals surface area contributed by atoms with Crippen LogP contribution in [0.15, 0.2) is 36.4 Å². The fraction of sp³-hybridized carbons (Fsp3) is 0.188. The standard InChI is InChI=1S/C16H15Cl2NO3/c1-21-14-7-6-10(8-15(14)22-2)13(20)9-19-16-11(17)4-3-5-12(16)18/h3-8,19H,9H2,1-2H3. The molecule has 0 amide bonds. The van der Waals surface area contributed by atoms with Crippen LogP contribution in [-0.4, -0.2) is 26.5 Å². The number of ether oxygens (including phenoxy) is 2. The second kappa shape index (κ2) is 7.38. The molecular formula is C16H15Cl2NO3. The number of rotatable bonds is 6. The number of carbonyl (C=O) groups excluding carboxylic acids is 1. The maximum absolute atomic E-state index is 12.3. The molecule has 1 N–H and O–H groups in total. The van der Waals surface area contributed by atoms with Gasteiger partial charge in [0.2, 0.25) is 0 Å². The van der Waals surface area contributed by atoms with Crippen LogP contribution >= 0.6 is 23.2 Å². The molecule has 0 saturated carbocycles. The van der Waals surface area contributed by atoms with Crippen LogP contribution in [-0.2, 0) is 0 Å². The number of ketones is 1. The fourth-order valence-electron chi connectivity index (χ4n) is 1.95. The Morgan fingerprint density at radius 3 is 2.27 bits per heavy atom. The summed E-state index contributed by atoms with van der Waals surface area (Å²) in [7, 11) is 3.06. The van der Waals surface area contributed by atoms with Crippen molar-refractivity contribution in [2.75, 3.05) is 26.1 Å². The smallest absolute Gasteiger partial charge is 0.181 e. The minimum atomic E-state index is -0.114. The highest BCUT2D eigenvalue weighted by atomic mass is 35.5. The summed E-state index contributed by atoms with van der Waals surface area (Å²) in [5, 5.41) is 3.89. The van der Waals surface area contributed by atoms with Crippen molar-refractivity contribution in [2.45, 2.75) is 0 Å². The van der Waals surface area contributed by atoms with Gasteiger partial charge in [-0.1, -0.05) is 29.3 Å². The molecule has 0 unspecified atom stereocenters. The molecule has 2 aromatic rings. The van der Waals surface area contributed by atoms with Crippen LogP contribution < -0.4 is 14.8 Å². The number of para-hydroxylation sites is 1. The second-order valence-corrected chi connectivity index (χ2v) is 5.26. The summed E-state index contributed by atoms with van der Waals surface area (Å²) in [6.07, 6.45) is 0. The molecular weight excluding hydrogens is 325 g/mol. The van der Waals surface area contributed by atoms with Crippen molar-refractivity contribution < 1.29 is 14.3 Å². The Kier molecular flexibility index (Phi) is 5.52. The lowest BCUT2D eigenvalue weighted by Gasteiger charge is -2.11. The van der Waals surface area contributed by atoms with Crippen molar-refractivity contribution in [3.8, 4) is 11.5 Å². The van der Waals surface area contributed by atoms with Crippen LogP contribution in [0.4, 0.5) is 5.69 Å². The molecule has 0 fully saturated rings. The SMILES string of the molecule is COc1ccc(C(=O)CNc2c(Cl)cccc2Cl)cc1OC. The van der Waals surface area contributed by atoms with Crippen LogP contribution in [0.1, 0.15) is 10.4 Å². The molecule has 0 heterocycles. The lowest BCUT2D eigenvalue weighted by Crippen LogP contribution is -2.14. The highest BCUT2D eigenvalue weighted by molar-refractivity contribution is 6.39. The quantitative estimate of drug-likeness (QED) is 0.797. The molecule has 6 heteroatoms. The number of carbonyl (C=O) groups is 1. The van der Waals surface area contributed by atoms with Gasteiger partial charge in [-0.05, 0) is 30.3 Å². The molecule has 22 heavy (non-hydrogen) atoms. The van der Waals surface area contributed by atoms with Crippen molar-refractivity contribution in [3.05, 3.63) is 52.0 Å². The molecule has 0 saturated heterocycles. The van der Waals surface area contributed by atoms with Crippen LogP contribution in [0.2, 0.25) is 10.0 Å². The Balaban J connectivity index is 2.13. The van der Waals surface area contributed by atoms with Crippen molar-refractivity contribution in [1.29, 1.82) is 0 Å². The minimum Gasteiger partial charge on any atom is -0.493 e. The normalized spacial score (nSPS) is 10.2. The molecule has 2 rings (SSSR count). The van der Waals surface area contributed by atoms with Gasteiger partial charge in [-0.2, -0.15) is 0 Å². The molecule has 0 aliphatic heterocycles. The Morgan fingerprint density at radius 2 is 1.68 bits per heavy atom. The molecule has 0 aliphatic rings. The average molecular weight is 340 g/mol. The maximum Gasteiger partial charge on any atom is 0.181 e. The third-order valence-corrected chi connectivity index (χ3v) is 3.72. The van der Waals surface area contributed by atoms with Gasteiger partial charge in [0.05, 0.1) is 36.5 Å². The summed E-state index contributed by atoms with van der Waals surface area (Å²) in [4.78, 5) is 12.3. The number of benzene rings is 2. The zero-order chi connectivity index (χ0) is 16.1. The third-order valence-electron chi connectivity index (χ3n) is 3.09. The van der Waals surface area contributed by atoms with Gasteiger partial charge in [0.25, 0.3) is 0 Å². The molecule has 0 bridgehead atoms. The van der Waals surface area contributed by atoms with Gasteiger partial charge < -0.3 is 14.8 Å². The van der Waals surface area contributed by atoms with E-state index in [9.17, 15) is 4.79 Å². The van der Waals surface area contributed by atoms with Gasteiger partial charge in [-0.15, -0.1) is 0 Å². The minimum absolute atomic E-state index is 0.0684. The zero-order valence-electron chi connectivity index (χ0n) is 12.2. The summed E-state index contributed by atoms with van der Waals surface area (Å²) in [6.45, 7) is 0.0684. The molecule has 0 atom stereocenters. The predicted molar refractivity (Wildman–Crippen MR) is 88.8 cm³/mol. The second-order valence-electron chi connectivity index (χ2n) is 4.44. The number of methoxy groups -OCH3 is 2. The van der Waals surface area contributed by atoms with Crippen LogP contribution in [0, 0.1) is 0 Å². The van der Waals surface area contributed by atoms with Crippen molar-refractivity contribution in [1.82, 2.24) is 0 Å². The van der Waals surface area contributed by atoms with Crippen LogP contribution in [0.25, 0.3) is 0 Å². The largest absolute Gasteiger partial charge is 0.493 e. The number of anilines is 1. The first-order valence-corrected chi connectivity index (χ1v) is 7.25. The molecule has 2 aromatic carbocycles. The highest BCUT2D eigenvalue weighted by Crippen LogP contribution is 2.30. The van der Waals surface area contributed by atoms with Crippen LogP contribution in [0.3, 0.4) is 0 Å².